The Hall–Kier alpha value is -2.49. The van der Waals surface area contributed by atoms with Gasteiger partial charge in [-0.25, -0.2) is 8.42 Å². The quantitative estimate of drug-likeness (QED) is 0.478. The highest BCUT2D eigenvalue weighted by molar-refractivity contribution is 7.92. The lowest BCUT2D eigenvalue weighted by Gasteiger charge is -2.29. The molecule has 0 saturated heterocycles. The normalized spacial score (nSPS) is 12.1. The number of carbonyl (C=O) groups is 2. The Kier molecular flexibility index (Phi) is 10.0. The average Bonchev–Trinajstić information content (AvgIpc) is 2.79. The summed E-state index contributed by atoms with van der Waals surface area (Å²) >= 11 is 12.2. The number of benzene rings is 2. The number of ether oxygens (including phenoxy) is 1. The summed E-state index contributed by atoms with van der Waals surface area (Å²) in [5, 5.41) is 3.40. The number of halogens is 2. The molecule has 0 aliphatic carbocycles. The molecular weight excluding hydrogens is 501 g/mol. The summed E-state index contributed by atoms with van der Waals surface area (Å²) in [7, 11) is -0.553. The molecule has 2 rings (SSSR count). The van der Waals surface area contributed by atoms with Gasteiger partial charge in [-0.15, -0.1) is 0 Å². The highest BCUT2D eigenvalue weighted by Crippen LogP contribution is 2.25. The van der Waals surface area contributed by atoms with Gasteiger partial charge >= 0.3 is 0 Å². The molecule has 0 saturated carbocycles. The van der Waals surface area contributed by atoms with Crippen LogP contribution in [0.5, 0.6) is 5.75 Å². The minimum Gasteiger partial charge on any atom is -0.497 e. The number of hydrogen-bond donors (Lipinski definition) is 1. The molecule has 0 heterocycles. The van der Waals surface area contributed by atoms with E-state index in [1.165, 1.54) is 23.4 Å². The zero-order valence-electron chi connectivity index (χ0n) is 19.5. The fourth-order valence-electron chi connectivity index (χ4n) is 3.38. The van der Waals surface area contributed by atoms with Crippen LogP contribution in [0.2, 0.25) is 10.0 Å². The van der Waals surface area contributed by atoms with Gasteiger partial charge in [-0.3, -0.25) is 13.9 Å². The van der Waals surface area contributed by atoms with Crippen LogP contribution < -0.4 is 14.4 Å². The average molecular weight is 530 g/mol. The molecule has 1 atom stereocenters. The van der Waals surface area contributed by atoms with Gasteiger partial charge in [0.1, 0.15) is 11.8 Å². The van der Waals surface area contributed by atoms with Crippen LogP contribution in [0.15, 0.2) is 42.5 Å². The number of carbonyl (C=O) groups excluding carboxylic acids is 2. The first kappa shape index (κ1) is 27.8. The van der Waals surface area contributed by atoms with E-state index in [9.17, 15) is 18.0 Å². The van der Waals surface area contributed by atoms with Crippen molar-refractivity contribution in [1.82, 2.24) is 10.2 Å². The van der Waals surface area contributed by atoms with Crippen molar-refractivity contribution in [3.05, 3.63) is 58.1 Å². The molecule has 0 radical (unpaired) electrons. The van der Waals surface area contributed by atoms with Gasteiger partial charge < -0.3 is 15.0 Å². The number of methoxy groups -OCH3 is 1. The predicted molar refractivity (Wildman–Crippen MR) is 135 cm³/mol. The van der Waals surface area contributed by atoms with Crippen molar-refractivity contribution in [3.8, 4) is 5.75 Å². The number of nitrogens with one attached hydrogen (secondary N) is 1. The third kappa shape index (κ3) is 7.51. The van der Waals surface area contributed by atoms with Crippen molar-refractivity contribution >= 4 is 50.7 Å². The van der Waals surface area contributed by atoms with Crippen LogP contribution in [0.3, 0.4) is 0 Å². The number of rotatable bonds is 11. The largest absolute Gasteiger partial charge is 0.497 e. The number of anilines is 1. The molecule has 0 aromatic heterocycles. The van der Waals surface area contributed by atoms with Gasteiger partial charge in [0, 0.05) is 36.6 Å². The van der Waals surface area contributed by atoms with Crippen LogP contribution in [-0.2, 0) is 26.2 Å². The summed E-state index contributed by atoms with van der Waals surface area (Å²) < 4.78 is 31.1. The van der Waals surface area contributed by atoms with Crippen molar-refractivity contribution < 1.29 is 22.7 Å². The predicted octanol–water partition coefficient (Wildman–Crippen LogP) is 3.71. The Morgan fingerprint density at radius 1 is 1.12 bits per heavy atom. The fourth-order valence-corrected chi connectivity index (χ4v) is 4.81. The van der Waals surface area contributed by atoms with Gasteiger partial charge in [-0.05, 0) is 55.3 Å². The zero-order chi connectivity index (χ0) is 25.5. The van der Waals surface area contributed by atoms with Crippen LogP contribution in [0.1, 0.15) is 25.3 Å². The summed E-state index contributed by atoms with van der Waals surface area (Å²) in [6.07, 6.45) is 1.40. The van der Waals surface area contributed by atoms with E-state index in [1.807, 2.05) is 0 Å². The Morgan fingerprint density at radius 3 is 2.29 bits per heavy atom. The highest BCUT2D eigenvalue weighted by atomic mass is 35.5. The molecule has 0 aliphatic heterocycles. The summed E-state index contributed by atoms with van der Waals surface area (Å²) in [6.45, 7) is 1.83. The van der Waals surface area contributed by atoms with E-state index in [0.29, 0.717) is 27.0 Å². The van der Waals surface area contributed by atoms with Gasteiger partial charge in [-0.2, -0.15) is 0 Å². The summed E-state index contributed by atoms with van der Waals surface area (Å²) in [5.74, 6) is -0.0215. The van der Waals surface area contributed by atoms with Crippen molar-refractivity contribution in [2.45, 2.75) is 32.4 Å². The van der Waals surface area contributed by atoms with Gasteiger partial charge in [0.15, 0.2) is 0 Å². The maximum atomic E-state index is 13.1. The molecule has 8 nitrogen and oxygen atoms in total. The summed E-state index contributed by atoms with van der Waals surface area (Å²) in [6, 6.07) is 10.8. The number of likely N-dealkylation sites (N-methyl/N-ethyl adjacent to an activating group) is 1. The minimum absolute atomic E-state index is 0.0364. The Balaban J connectivity index is 2.16. The number of sulfonamides is 1. The summed E-state index contributed by atoms with van der Waals surface area (Å²) in [4.78, 5) is 26.8. The zero-order valence-corrected chi connectivity index (χ0v) is 21.9. The number of amides is 2. The molecule has 186 valence electrons. The Bertz CT molecular complexity index is 1110. The molecule has 0 unspecified atom stereocenters. The van der Waals surface area contributed by atoms with E-state index < -0.39 is 16.1 Å². The van der Waals surface area contributed by atoms with E-state index in [2.05, 4.69) is 5.32 Å². The molecule has 0 aliphatic rings. The van der Waals surface area contributed by atoms with Crippen molar-refractivity contribution in [1.29, 1.82) is 0 Å². The van der Waals surface area contributed by atoms with E-state index in [1.54, 1.807) is 49.4 Å². The van der Waals surface area contributed by atoms with E-state index >= 15 is 0 Å². The second-order valence-corrected chi connectivity index (χ2v) is 10.4. The first-order valence-corrected chi connectivity index (χ1v) is 13.1. The third-order valence-corrected chi connectivity index (χ3v) is 7.06. The lowest BCUT2D eigenvalue weighted by atomic mass is 10.1. The van der Waals surface area contributed by atoms with Gasteiger partial charge in [0.2, 0.25) is 21.8 Å². The smallest absolute Gasteiger partial charge is 0.242 e. The van der Waals surface area contributed by atoms with Crippen molar-refractivity contribution in [2.75, 3.05) is 31.3 Å². The lowest BCUT2D eigenvalue weighted by molar-refractivity contribution is -0.140. The first-order valence-electron chi connectivity index (χ1n) is 10.5. The summed E-state index contributed by atoms with van der Waals surface area (Å²) in [5.41, 5.74) is 1.12. The maximum Gasteiger partial charge on any atom is 0.242 e. The fraction of sp³-hybridized carbons (Fsp3) is 0.391. The molecule has 0 spiro atoms. The van der Waals surface area contributed by atoms with Gasteiger partial charge in [0.05, 0.1) is 19.1 Å². The van der Waals surface area contributed by atoms with E-state index in [4.69, 9.17) is 27.9 Å². The van der Waals surface area contributed by atoms with Crippen LogP contribution >= 0.6 is 23.2 Å². The van der Waals surface area contributed by atoms with Crippen molar-refractivity contribution in [3.63, 3.8) is 0 Å². The third-order valence-electron chi connectivity index (χ3n) is 5.28. The molecule has 0 fully saturated rings. The number of hydrogen-bond acceptors (Lipinski definition) is 5. The minimum atomic E-state index is -3.57. The molecule has 2 aromatic carbocycles. The molecule has 34 heavy (non-hydrogen) atoms. The second-order valence-electron chi connectivity index (χ2n) is 7.68. The molecule has 1 N–H and O–H groups in total. The topological polar surface area (TPSA) is 96.0 Å². The first-order chi connectivity index (χ1) is 16.0. The standard InChI is InChI=1S/C23H29Cl2N3O5S/c1-16(23(30)26-2)27(15-17-7-8-18(24)14-21(17)25)22(29)6-5-13-28(34(4,31)32)19-9-11-20(33-3)12-10-19/h7-12,14,16H,5-6,13,15H2,1-4H3,(H,26,30)/t16-/m0/s1. The molecule has 2 aromatic rings. The molecule has 2 amide bonds. The molecule has 0 bridgehead atoms. The Morgan fingerprint density at radius 2 is 1.76 bits per heavy atom. The number of nitrogens with zero attached hydrogens (tertiary/aromatic N) is 2. The van der Waals surface area contributed by atoms with Crippen molar-refractivity contribution in [2.24, 2.45) is 0 Å². The van der Waals surface area contributed by atoms with Gasteiger partial charge in [-0.1, -0.05) is 29.3 Å². The van der Waals surface area contributed by atoms with Crippen LogP contribution in [0, 0.1) is 0 Å². The molecule has 11 heteroatoms. The van der Waals surface area contributed by atoms with Crippen LogP contribution in [0.25, 0.3) is 0 Å². The second kappa shape index (κ2) is 12.3. The maximum absolute atomic E-state index is 13.1. The van der Waals surface area contributed by atoms with E-state index in [-0.39, 0.29) is 37.7 Å². The Labute approximate surface area is 210 Å². The van der Waals surface area contributed by atoms with Crippen LogP contribution in [-0.4, -0.2) is 58.1 Å². The van der Waals surface area contributed by atoms with Gasteiger partial charge in [0.25, 0.3) is 0 Å². The highest BCUT2D eigenvalue weighted by Gasteiger charge is 2.26. The monoisotopic (exact) mass is 529 g/mol. The lowest BCUT2D eigenvalue weighted by Crippen LogP contribution is -2.46. The van der Waals surface area contributed by atoms with E-state index in [0.717, 1.165) is 6.26 Å². The SMILES string of the molecule is CNC(=O)[C@H](C)N(Cc1ccc(Cl)cc1Cl)C(=O)CCCN(c1ccc(OC)cc1)S(C)(=O)=O. The van der Waals surface area contributed by atoms with Crippen LogP contribution in [0.4, 0.5) is 5.69 Å². The molecular formula is C23H29Cl2N3O5S.